The lowest BCUT2D eigenvalue weighted by atomic mass is 9.82. The van der Waals surface area contributed by atoms with Crippen LogP contribution in [0.25, 0.3) is 0 Å². The summed E-state index contributed by atoms with van der Waals surface area (Å²) in [6.45, 7) is -0.137. The number of anilines is 1. The molecule has 1 aromatic rings. The highest BCUT2D eigenvalue weighted by Gasteiger charge is 2.34. The summed E-state index contributed by atoms with van der Waals surface area (Å²) in [4.78, 5) is 21.7. The number of carboxylic acids is 1. The zero-order valence-electron chi connectivity index (χ0n) is 11.5. The first-order chi connectivity index (χ1) is 9.99. The number of aliphatic hydroxyl groups is 1. The summed E-state index contributed by atoms with van der Waals surface area (Å²) in [6, 6.07) is 4.15. The van der Waals surface area contributed by atoms with Gasteiger partial charge >= 0.3 is 11.7 Å². The van der Waals surface area contributed by atoms with Gasteiger partial charge in [0.25, 0.3) is 0 Å². The van der Waals surface area contributed by atoms with Crippen molar-refractivity contribution >= 4 is 17.3 Å². The van der Waals surface area contributed by atoms with Crippen molar-refractivity contribution in [2.75, 3.05) is 11.9 Å². The van der Waals surface area contributed by atoms with E-state index in [1.54, 1.807) is 0 Å². The molecule has 1 saturated carbocycles. The third kappa shape index (κ3) is 3.13. The third-order valence-corrected chi connectivity index (χ3v) is 3.96. The van der Waals surface area contributed by atoms with Crippen molar-refractivity contribution in [3.8, 4) is 0 Å². The van der Waals surface area contributed by atoms with Gasteiger partial charge in [-0.05, 0) is 25.0 Å². The van der Waals surface area contributed by atoms with Gasteiger partial charge in [0, 0.05) is 0 Å². The van der Waals surface area contributed by atoms with E-state index < -0.39 is 22.1 Å². The molecule has 0 unspecified atom stereocenters. The second-order valence-electron chi connectivity index (χ2n) is 5.39. The Kier molecular flexibility index (Phi) is 4.42. The quantitative estimate of drug-likeness (QED) is 0.567. The summed E-state index contributed by atoms with van der Waals surface area (Å²) in [5.41, 5.74) is -1.27. The Morgan fingerprint density at radius 3 is 2.52 bits per heavy atom. The zero-order chi connectivity index (χ0) is 15.5. The fraction of sp³-hybridized carbons (Fsp3) is 0.500. The number of nitrogens with one attached hydrogen (secondary N) is 1. The molecule has 1 fully saturated rings. The minimum Gasteiger partial charge on any atom is -0.477 e. The van der Waals surface area contributed by atoms with Gasteiger partial charge in [-0.25, -0.2) is 4.79 Å². The predicted molar refractivity (Wildman–Crippen MR) is 76.6 cm³/mol. The van der Waals surface area contributed by atoms with Crippen molar-refractivity contribution in [1.82, 2.24) is 0 Å². The summed E-state index contributed by atoms with van der Waals surface area (Å²) in [5, 5.41) is 33.0. The molecule has 0 amide bonds. The molecular formula is C14H18N2O5. The second kappa shape index (κ2) is 6.09. The Hall–Kier alpha value is -2.15. The van der Waals surface area contributed by atoms with Gasteiger partial charge in [0.2, 0.25) is 0 Å². The van der Waals surface area contributed by atoms with Crippen LogP contribution in [-0.4, -0.2) is 33.3 Å². The van der Waals surface area contributed by atoms with Gasteiger partial charge in [-0.15, -0.1) is 0 Å². The Balaban J connectivity index is 2.41. The lowest BCUT2D eigenvalue weighted by Gasteiger charge is -2.37. The second-order valence-corrected chi connectivity index (χ2v) is 5.39. The van der Waals surface area contributed by atoms with Crippen molar-refractivity contribution < 1.29 is 19.9 Å². The molecule has 1 aliphatic carbocycles. The van der Waals surface area contributed by atoms with Gasteiger partial charge in [-0.1, -0.05) is 25.3 Å². The maximum atomic E-state index is 11.2. The van der Waals surface area contributed by atoms with Crippen LogP contribution in [0.2, 0.25) is 0 Å². The molecule has 0 bridgehead atoms. The maximum absolute atomic E-state index is 11.2. The Labute approximate surface area is 121 Å². The molecule has 2 rings (SSSR count). The molecule has 0 heterocycles. The van der Waals surface area contributed by atoms with Crippen LogP contribution >= 0.6 is 0 Å². The van der Waals surface area contributed by atoms with Gasteiger partial charge in [-0.3, -0.25) is 10.1 Å². The molecule has 0 spiro atoms. The Bertz CT molecular complexity index is 552. The largest absolute Gasteiger partial charge is 0.477 e. The number of para-hydroxylation sites is 1. The number of carboxylic acid groups (broad SMARTS) is 1. The van der Waals surface area contributed by atoms with Crippen molar-refractivity contribution in [2.45, 2.75) is 37.6 Å². The fourth-order valence-corrected chi connectivity index (χ4v) is 2.85. The van der Waals surface area contributed by atoms with Crippen LogP contribution in [0, 0.1) is 10.1 Å². The van der Waals surface area contributed by atoms with Crippen molar-refractivity contribution in [3.05, 3.63) is 33.9 Å². The summed E-state index contributed by atoms with van der Waals surface area (Å²) in [7, 11) is 0. The first kappa shape index (κ1) is 15.2. The molecule has 7 heteroatoms. The minimum atomic E-state index is -1.34. The maximum Gasteiger partial charge on any atom is 0.342 e. The highest BCUT2D eigenvalue weighted by Crippen LogP contribution is 2.36. The monoisotopic (exact) mass is 294 g/mol. The van der Waals surface area contributed by atoms with E-state index >= 15 is 0 Å². The van der Waals surface area contributed by atoms with Crippen LogP contribution in [0.1, 0.15) is 42.5 Å². The average Bonchev–Trinajstić information content (AvgIpc) is 2.47. The number of carbonyl (C=O) groups is 1. The van der Waals surface area contributed by atoms with Crippen molar-refractivity contribution in [3.63, 3.8) is 0 Å². The topological polar surface area (TPSA) is 113 Å². The van der Waals surface area contributed by atoms with E-state index in [2.05, 4.69) is 5.32 Å². The molecule has 114 valence electrons. The van der Waals surface area contributed by atoms with Gasteiger partial charge in [0.15, 0.2) is 0 Å². The lowest BCUT2D eigenvalue weighted by molar-refractivity contribution is -0.384. The number of benzene rings is 1. The Morgan fingerprint density at radius 2 is 2.00 bits per heavy atom. The summed E-state index contributed by atoms with van der Waals surface area (Å²) >= 11 is 0. The molecule has 3 N–H and O–H groups in total. The van der Waals surface area contributed by atoms with Crippen LogP contribution in [-0.2, 0) is 0 Å². The van der Waals surface area contributed by atoms with E-state index in [1.165, 1.54) is 18.2 Å². The van der Waals surface area contributed by atoms with Crippen molar-refractivity contribution in [2.24, 2.45) is 0 Å². The van der Waals surface area contributed by atoms with E-state index in [0.29, 0.717) is 12.8 Å². The van der Waals surface area contributed by atoms with Crippen molar-refractivity contribution in [1.29, 1.82) is 0 Å². The molecule has 0 aliphatic heterocycles. The molecule has 21 heavy (non-hydrogen) atoms. The molecule has 7 nitrogen and oxygen atoms in total. The molecule has 1 aromatic carbocycles. The number of hydrogen-bond donors (Lipinski definition) is 3. The molecule has 0 saturated heterocycles. The normalized spacial score (nSPS) is 17.2. The molecule has 0 radical (unpaired) electrons. The number of rotatable bonds is 5. The van der Waals surface area contributed by atoms with Gasteiger partial charge in [0.1, 0.15) is 11.3 Å². The first-order valence-electron chi connectivity index (χ1n) is 6.89. The minimum absolute atomic E-state index is 0.137. The van der Waals surface area contributed by atoms with Crippen LogP contribution in [0.3, 0.4) is 0 Å². The van der Waals surface area contributed by atoms with E-state index in [4.69, 9.17) is 5.11 Å². The van der Waals surface area contributed by atoms with Crippen LogP contribution in [0.4, 0.5) is 11.4 Å². The van der Waals surface area contributed by atoms with E-state index in [1.807, 2.05) is 0 Å². The summed E-state index contributed by atoms with van der Waals surface area (Å²) in [6.07, 6.45) is 4.34. The number of aliphatic hydroxyl groups excluding tert-OH is 1. The summed E-state index contributed by atoms with van der Waals surface area (Å²) in [5.74, 6) is -1.34. The molecule has 0 aromatic heterocycles. The van der Waals surface area contributed by atoms with Crippen LogP contribution < -0.4 is 5.32 Å². The van der Waals surface area contributed by atoms with E-state index in [-0.39, 0.29) is 17.9 Å². The van der Waals surface area contributed by atoms with Gasteiger partial charge < -0.3 is 15.5 Å². The number of hydrogen-bond acceptors (Lipinski definition) is 5. The number of nitro groups is 1. The SMILES string of the molecule is O=C(O)c1cccc(NC2(CO)CCCCC2)c1[N+](=O)[O-]. The third-order valence-electron chi connectivity index (χ3n) is 3.96. The van der Waals surface area contributed by atoms with E-state index in [0.717, 1.165) is 19.3 Å². The standard InChI is InChI=1S/C14H18N2O5/c17-9-14(7-2-1-3-8-14)15-11-6-4-5-10(13(18)19)12(11)16(20)21/h4-6,15,17H,1-3,7-9H2,(H,18,19). The highest BCUT2D eigenvalue weighted by molar-refractivity contribution is 5.95. The van der Waals surface area contributed by atoms with Gasteiger partial charge in [0.05, 0.1) is 17.1 Å². The fourth-order valence-electron chi connectivity index (χ4n) is 2.85. The zero-order valence-corrected chi connectivity index (χ0v) is 11.5. The molecule has 1 aliphatic rings. The summed E-state index contributed by atoms with van der Waals surface area (Å²) < 4.78 is 0. The van der Waals surface area contributed by atoms with Crippen LogP contribution in [0.15, 0.2) is 18.2 Å². The highest BCUT2D eigenvalue weighted by atomic mass is 16.6. The van der Waals surface area contributed by atoms with E-state index in [9.17, 15) is 20.0 Å². The molecule has 0 atom stereocenters. The number of aromatic carboxylic acids is 1. The predicted octanol–water partition coefficient (Wildman–Crippen LogP) is 2.40. The Morgan fingerprint density at radius 1 is 1.33 bits per heavy atom. The average molecular weight is 294 g/mol. The first-order valence-corrected chi connectivity index (χ1v) is 6.89. The smallest absolute Gasteiger partial charge is 0.342 e. The number of nitrogens with zero attached hydrogens (tertiary/aromatic N) is 1. The number of nitro benzene ring substituents is 1. The van der Waals surface area contributed by atoms with Crippen LogP contribution in [0.5, 0.6) is 0 Å². The lowest BCUT2D eigenvalue weighted by Crippen LogP contribution is -2.44. The molecular weight excluding hydrogens is 276 g/mol. The van der Waals surface area contributed by atoms with Gasteiger partial charge in [-0.2, -0.15) is 0 Å².